The maximum absolute atomic E-state index is 13.4. The molecule has 1 aliphatic heterocycles. The summed E-state index contributed by atoms with van der Waals surface area (Å²) in [5.74, 6) is 0.898. The van der Waals surface area contributed by atoms with Crippen LogP contribution in [0.2, 0.25) is 5.02 Å². The number of pyridine rings is 1. The Bertz CT molecular complexity index is 1980. The van der Waals surface area contributed by atoms with Crippen molar-refractivity contribution in [2.24, 2.45) is 7.05 Å². The lowest BCUT2D eigenvalue weighted by atomic mass is 9.93. The molecule has 2 aliphatic rings. The maximum Gasteiger partial charge on any atom is 0.410 e. The van der Waals surface area contributed by atoms with Crippen molar-refractivity contribution in [1.82, 2.24) is 34.7 Å². The Morgan fingerprint density at radius 2 is 1.86 bits per heavy atom. The first-order chi connectivity index (χ1) is 24.3. The SMILES string of the molecule is COc1nc(-c2cccc(-c3cc4c(=O)n(C)c(CNC5CCC(O)CC5)nn4c3)c2Cl)ccc1CN(C[C@@H]1CCC(=O)N1)C(=O)OC(C)(C)C. The van der Waals surface area contributed by atoms with E-state index in [0.29, 0.717) is 64.0 Å². The van der Waals surface area contributed by atoms with Gasteiger partial charge in [0.15, 0.2) is 0 Å². The second-order valence-corrected chi connectivity index (χ2v) is 14.8. The van der Waals surface area contributed by atoms with Gasteiger partial charge in [0.25, 0.3) is 5.56 Å². The molecule has 1 atom stereocenters. The van der Waals surface area contributed by atoms with Gasteiger partial charge in [0.1, 0.15) is 16.9 Å². The van der Waals surface area contributed by atoms with E-state index < -0.39 is 11.7 Å². The van der Waals surface area contributed by atoms with Gasteiger partial charge in [-0.15, -0.1) is 0 Å². The summed E-state index contributed by atoms with van der Waals surface area (Å²) < 4.78 is 14.6. The number of halogens is 1. The number of ether oxygens (including phenoxy) is 2. The molecule has 2 fully saturated rings. The molecule has 4 heterocycles. The van der Waals surface area contributed by atoms with Crippen LogP contribution in [0.25, 0.3) is 27.9 Å². The van der Waals surface area contributed by atoms with Crippen molar-refractivity contribution >= 4 is 29.1 Å². The van der Waals surface area contributed by atoms with Crippen LogP contribution in [0.4, 0.5) is 4.79 Å². The van der Waals surface area contributed by atoms with Crippen LogP contribution in [0, 0.1) is 0 Å². The number of hydrogen-bond donors (Lipinski definition) is 3. The number of aromatic nitrogens is 4. The van der Waals surface area contributed by atoms with Crippen molar-refractivity contribution in [2.45, 2.75) is 96.2 Å². The molecule has 0 radical (unpaired) electrons. The lowest BCUT2D eigenvalue weighted by Gasteiger charge is -2.29. The fraction of sp³-hybridized carbons (Fsp3) is 0.486. The Morgan fingerprint density at radius 3 is 2.55 bits per heavy atom. The Hall–Kier alpha value is -4.46. The van der Waals surface area contributed by atoms with Gasteiger partial charge < -0.3 is 30.1 Å². The molecule has 1 aliphatic carbocycles. The van der Waals surface area contributed by atoms with E-state index in [0.717, 1.165) is 31.2 Å². The van der Waals surface area contributed by atoms with Crippen LogP contribution in [0.3, 0.4) is 0 Å². The molecule has 2 amide bonds. The second kappa shape index (κ2) is 15.0. The minimum Gasteiger partial charge on any atom is -0.481 e. The zero-order valence-electron chi connectivity index (χ0n) is 29.7. The number of nitrogens with one attached hydrogen (secondary N) is 2. The number of fused-ring (bicyclic) bond motifs is 1. The van der Waals surface area contributed by atoms with Gasteiger partial charge in [0.05, 0.1) is 37.0 Å². The number of aliphatic hydroxyl groups excluding tert-OH is 1. The van der Waals surface area contributed by atoms with Gasteiger partial charge in [-0.3, -0.25) is 14.2 Å². The number of methoxy groups -OCH3 is 1. The number of carbonyl (C=O) groups excluding carboxylic acids is 2. The van der Waals surface area contributed by atoms with E-state index in [1.54, 1.807) is 33.3 Å². The van der Waals surface area contributed by atoms with Gasteiger partial charge in [-0.05, 0) is 71.1 Å². The Morgan fingerprint density at radius 1 is 1.12 bits per heavy atom. The number of amides is 2. The van der Waals surface area contributed by atoms with Crippen molar-refractivity contribution in [3.05, 3.63) is 69.4 Å². The summed E-state index contributed by atoms with van der Waals surface area (Å²) >= 11 is 7.06. The highest BCUT2D eigenvalue weighted by atomic mass is 35.5. The van der Waals surface area contributed by atoms with Gasteiger partial charge in [-0.25, -0.2) is 14.3 Å². The van der Waals surface area contributed by atoms with Crippen molar-refractivity contribution in [3.8, 4) is 28.3 Å². The Kier molecular flexibility index (Phi) is 10.7. The molecule has 4 aromatic rings. The average Bonchev–Trinajstić information content (AvgIpc) is 3.71. The minimum atomic E-state index is -0.697. The van der Waals surface area contributed by atoms with Gasteiger partial charge in [0, 0.05) is 60.5 Å². The van der Waals surface area contributed by atoms with Gasteiger partial charge in [0.2, 0.25) is 11.8 Å². The van der Waals surface area contributed by atoms with Crippen molar-refractivity contribution in [1.29, 1.82) is 0 Å². The molecule has 0 bridgehead atoms. The first-order valence-electron chi connectivity index (χ1n) is 17.4. The number of rotatable bonds is 10. The molecule has 3 N–H and O–H groups in total. The predicted octanol–water partition coefficient (Wildman–Crippen LogP) is 4.83. The van der Waals surface area contributed by atoms with E-state index in [2.05, 4.69) is 10.6 Å². The topological polar surface area (TPSA) is 152 Å². The third-order valence-electron chi connectivity index (χ3n) is 9.44. The molecule has 13 nitrogen and oxygen atoms in total. The standard InChI is InChI=1S/C37H46ClN7O6/c1-37(2,3)51-36(49)44(21-25-12-16-32(47)40-25)19-22-9-15-29(41-34(22)50-5)28-8-6-7-27(33(28)38)23-17-30-35(48)43(4)31(42-45(30)20-23)18-39-24-10-13-26(46)14-11-24/h6-9,15,17,20,24-26,39,46H,10-14,16,18-19,21H2,1-5H3,(H,40,47)/t24?,25-,26?/m0/s1. The summed E-state index contributed by atoms with van der Waals surface area (Å²) in [4.78, 5) is 44.8. The van der Waals surface area contributed by atoms with E-state index in [-0.39, 0.29) is 42.7 Å². The van der Waals surface area contributed by atoms with Gasteiger partial charge in [-0.1, -0.05) is 29.8 Å². The van der Waals surface area contributed by atoms with E-state index >= 15 is 0 Å². The summed E-state index contributed by atoms with van der Waals surface area (Å²) in [6.45, 7) is 6.30. The van der Waals surface area contributed by atoms with Gasteiger partial charge >= 0.3 is 6.09 Å². The van der Waals surface area contributed by atoms with Crippen LogP contribution in [-0.2, 0) is 29.7 Å². The lowest BCUT2D eigenvalue weighted by molar-refractivity contribution is -0.119. The Balaban J connectivity index is 1.25. The van der Waals surface area contributed by atoms with Crippen LogP contribution in [0.15, 0.2) is 47.4 Å². The highest BCUT2D eigenvalue weighted by Crippen LogP contribution is 2.37. The molecule has 3 aromatic heterocycles. The van der Waals surface area contributed by atoms with E-state index in [9.17, 15) is 19.5 Å². The summed E-state index contributed by atoms with van der Waals surface area (Å²) in [5, 5.41) is 21.4. The molecular weight excluding hydrogens is 674 g/mol. The first-order valence-corrected chi connectivity index (χ1v) is 17.8. The third-order valence-corrected chi connectivity index (χ3v) is 9.84. The van der Waals surface area contributed by atoms with Crippen LogP contribution >= 0.6 is 11.6 Å². The van der Waals surface area contributed by atoms with Crippen molar-refractivity contribution in [3.63, 3.8) is 0 Å². The highest BCUT2D eigenvalue weighted by Gasteiger charge is 2.29. The zero-order valence-corrected chi connectivity index (χ0v) is 30.5. The van der Waals surface area contributed by atoms with E-state index in [1.165, 1.54) is 7.11 Å². The van der Waals surface area contributed by atoms with Crippen molar-refractivity contribution in [2.75, 3.05) is 13.7 Å². The fourth-order valence-corrected chi connectivity index (χ4v) is 7.01. The molecule has 1 aromatic carbocycles. The fourth-order valence-electron chi connectivity index (χ4n) is 6.68. The summed E-state index contributed by atoms with van der Waals surface area (Å²) in [7, 11) is 3.24. The van der Waals surface area contributed by atoms with Crippen LogP contribution in [0.1, 0.15) is 70.7 Å². The molecule has 6 rings (SSSR count). The lowest BCUT2D eigenvalue weighted by Crippen LogP contribution is -2.43. The molecule has 272 valence electrons. The Labute approximate surface area is 301 Å². The average molecular weight is 720 g/mol. The number of aliphatic hydroxyl groups is 1. The monoisotopic (exact) mass is 719 g/mol. The van der Waals surface area contributed by atoms with Gasteiger partial charge in [-0.2, -0.15) is 5.10 Å². The van der Waals surface area contributed by atoms with E-state index in [1.807, 2.05) is 51.1 Å². The summed E-state index contributed by atoms with van der Waals surface area (Å²) in [6.07, 6.45) is 5.43. The molecule has 0 spiro atoms. The molecule has 0 unspecified atom stereocenters. The van der Waals surface area contributed by atoms with E-state index in [4.69, 9.17) is 31.2 Å². The number of nitrogens with zero attached hydrogens (tertiary/aromatic N) is 5. The quantitative estimate of drug-likeness (QED) is 0.209. The highest BCUT2D eigenvalue weighted by molar-refractivity contribution is 6.36. The van der Waals surface area contributed by atoms with Crippen molar-refractivity contribution < 1.29 is 24.2 Å². The largest absolute Gasteiger partial charge is 0.481 e. The normalized spacial score (nSPS) is 19.3. The number of hydrogen-bond acceptors (Lipinski definition) is 9. The molecule has 51 heavy (non-hydrogen) atoms. The summed E-state index contributed by atoms with van der Waals surface area (Å²) in [5.41, 5.74) is 2.89. The maximum atomic E-state index is 13.4. The zero-order chi connectivity index (χ0) is 36.4. The predicted molar refractivity (Wildman–Crippen MR) is 194 cm³/mol. The number of benzene rings is 1. The summed E-state index contributed by atoms with van der Waals surface area (Å²) in [6, 6.07) is 11.2. The first kappa shape index (κ1) is 36.3. The van der Waals surface area contributed by atoms with Crippen LogP contribution in [-0.4, -0.2) is 78.6 Å². The minimum absolute atomic E-state index is 0.0336. The molecule has 14 heteroatoms. The van der Waals surface area contributed by atoms with Crippen LogP contribution in [0.5, 0.6) is 5.88 Å². The second-order valence-electron chi connectivity index (χ2n) is 14.4. The third kappa shape index (κ3) is 8.37. The van der Waals surface area contributed by atoms with Crippen LogP contribution < -0.4 is 20.9 Å². The molecule has 1 saturated carbocycles. The molecule has 1 saturated heterocycles. The molecular formula is C37H46ClN7O6. The number of carbonyl (C=O) groups is 2. The smallest absolute Gasteiger partial charge is 0.410 e.